The Balaban J connectivity index is 3.02. The minimum Gasteiger partial charge on any atom is -0.477 e. The van der Waals surface area contributed by atoms with Crippen LogP contribution in [0.4, 0.5) is 8.78 Å². The molecule has 0 bridgehead atoms. The molecule has 5 heteroatoms. The number of carbonyl (C=O) groups excluding carboxylic acids is 1. The summed E-state index contributed by atoms with van der Waals surface area (Å²) in [5.41, 5.74) is 0. The summed E-state index contributed by atoms with van der Waals surface area (Å²) in [5.74, 6) is -2.22. The van der Waals surface area contributed by atoms with Crippen LogP contribution in [0.2, 0.25) is 0 Å². The Morgan fingerprint density at radius 2 is 1.93 bits per heavy atom. The number of aldehydes is 1. The Morgan fingerprint density at radius 3 is 2.36 bits per heavy atom. The van der Waals surface area contributed by atoms with Gasteiger partial charge in [0.2, 0.25) is 0 Å². The van der Waals surface area contributed by atoms with Gasteiger partial charge in [-0.2, -0.15) is 0 Å². The molecule has 1 atom stereocenters. The molecule has 14 heavy (non-hydrogen) atoms. The van der Waals surface area contributed by atoms with E-state index < -0.39 is 23.5 Å². The standard InChI is InChI=1S/C9H7BrF2O2/c1-5(4-13)14-9-7(11)2-6(10)3-8(9)12/h2-5H,1H3/t5-/m0/s1. The minimum absolute atomic E-state index is 0.276. The number of carbonyl (C=O) groups is 1. The van der Waals surface area contributed by atoms with Crippen molar-refractivity contribution in [2.24, 2.45) is 0 Å². The number of rotatable bonds is 3. The first-order valence-corrected chi connectivity index (χ1v) is 4.60. The lowest BCUT2D eigenvalue weighted by Gasteiger charge is -2.10. The van der Waals surface area contributed by atoms with E-state index in [0.717, 1.165) is 12.1 Å². The number of halogens is 3. The van der Waals surface area contributed by atoms with E-state index in [1.54, 1.807) is 0 Å². The molecule has 0 aliphatic heterocycles. The van der Waals surface area contributed by atoms with E-state index in [9.17, 15) is 13.6 Å². The average Bonchev–Trinajstić information content (AvgIpc) is 2.10. The molecule has 0 aromatic heterocycles. The molecular weight excluding hydrogens is 258 g/mol. The van der Waals surface area contributed by atoms with Crippen LogP contribution in [0, 0.1) is 11.6 Å². The van der Waals surface area contributed by atoms with Crippen molar-refractivity contribution in [2.45, 2.75) is 13.0 Å². The van der Waals surface area contributed by atoms with E-state index in [1.165, 1.54) is 6.92 Å². The van der Waals surface area contributed by atoms with E-state index in [-0.39, 0.29) is 4.47 Å². The van der Waals surface area contributed by atoms with Crippen molar-refractivity contribution in [3.8, 4) is 5.75 Å². The number of hydrogen-bond donors (Lipinski definition) is 0. The van der Waals surface area contributed by atoms with Crippen LogP contribution in [-0.4, -0.2) is 12.4 Å². The second kappa shape index (κ2) is 4.50. The van der Waals surface area contributed by atoms with Crippen LogP contribution in [0.15, 0.2) is 16.6 Å². The summed E-state index contributed by atoms with van der Waals surface area (Å²) in [7, 11) is 0. The van der Waals surface area contributed by atoms with Crippen LogP contribution in [0.25, 0.3) is 0 Å². The maximum Gasteiger partial charge on any atom is 0.191 e. The van der Waals surface area contributed by atoms with Gasteiger partial charge in [-0.15, -0.1) is 0 Å². The van der Waals surface area contributed by atoms with Gasteiger partial charge in [0.15, 0.2) is 29.8 Å². The van der Waals surface area contributed by atoms with Crippen LogP contribution >= 0.6 is 15.9 Å². The lowest BCUT2D eigenvalue weighted by Crippen LogP contribution is -2.14. The molecule has 0 aliphatic carbocycles. The summed E-state index contributed by atoms with van der Waals surface area (Å²) in [6, 6.07) is 2.13. The summed E-state index contributed by atoms with van der Waals surface area (Å²) in [6.45, 7) is 1.40. The molecule has 0 fully saturated rings. The van der Waals surface area contributed by atoms with Crippen LogP contribution in [0.3, 0.4) is 0 Å². The van der Waals surface area contributed by atoms with E-state index in [0.29, 0.717) is 6.29 Å². The van der Waals surface area contributed by atoms with Gasteiger partial charge in [0.25, 0.3) is 0 Å². The molecule has 0 spiro atoms. The maximum absolute atomic E-state index is 13.1. The van der Waals surface area contributed by atoms with Gasteiger partial charge in [-0.1, -0.05) is 15.9 Å². The summed E-state index contributed by atoms with van der Waals surface area (Å²) >= 11 is 2.93. The highest BCUT2D eigenvalue weighted by molar-refractivity contribution is 9.10. The second-order valence-electron chi connectivity index (χ2n) is 2.66. The van der Waals surface area contributed by atoms with Crippen LogP contribution in [-0.2, 0) is 4.79 Å². The van der Waals surface area contributed by atoms with Gasteiger partial charge in [-0.05, 0) is 19.1 Å². The molecule has 1 aromatic carbocycles. The third kappa shape index (κ3) is 2.51. The fraction of sp³-hybridized carbons (Fsp3) is 0.222. The Hall–Kier alpha value is -0.970. The van der Waals surface area contributed by atoms with Crippen molar-refractivity contribution in [3.05, 3.63) is 28.2 Å². The van der Waals surface area contributed by atoms with Gasteiger partial charge >= 0.3 is 0 Å². The number of benzene rings is 1. The molecule has 0 saturated carbocycles. The van der Waals surface area contributed by atoms with E-state index in [4.69, 9.17) is 4.74 Å². The third-order valence-electron chi connectivity index (χ3n) is 1.46. The van der Waals surface area contributed by atoms with E-state index in [2.05, 4.69) is 15.9 Å². The van der Waals surface area contributed by atoms with Crippen molar-refractivity contribution in [3.63, 3.8) is 0 Å². The predicted octanol–water partition coefficient (Wildman–Crippen LogP) is 2.69. The van der Waals surface area contributed by atoms with Crippen molar-refractivity contribution < 1.29 is 18.3 Å². The highest BCUT2D eigenvalue weighted by Gasteiger charge is 2.14. The summed E-state index contributed by atoms with van der Waals surface area (Å²) in [6.07, 6.45) is -0.416. The molecule has 0 saturated heterocycles. The average molecular weight is 265 g/mol. The first-order valence-electron chi connectivity index (χ1n) is 3.81. The zero-order valence-corrected chi connectivity index (χ0v) is 8.85. The zero-order valence-electron chi connectivity index (χ0n) is 7.26. The highest BCUT2D eigenvalue weighted by Crippen LogP contribution is 2.26. The molecule has 0 N–H and O–H groups in total. The zero-order chi connectivity index (χ0) is 10.7. The number of hydrogen-bond acceptors (Lipinski definition) is 2. The molecule has 1 rings (SSSR count). The van der Waals surface area contributed by atoms with Gasteiger partial charge in [0.05, 0.1) is 0 Å². The lowest BCUT2D eigenvalue weighted by atomic mass is 10.3. The van der Waals surface area contributed by atoms with Crippen molar-refractivity contribution in [1.82, 2.24) is 0 Å². The normalized spacial score (nSPS) is 12.3. The monoisotopic (exact) mass is 264 g/mol. The fourth-order valence-electron chi connectivity index (χ4n) is 0.855. The molecular formula is C9H7BrF2O2. The first kappa shape index (κ1) is 11.1. The Kier molecular flexibility index (Phi) is 3.57. The van der Waals surface area contributed by atoms with Gasteiger partial charge in [-0.25, -0.2) is 8.78 Å². The maximum atomic E-state index is 13.1. The molecule has 0 amide bonds. The molecule has 2 nitrogen and oxygen atoms in total. The Labute approximate surface area is 88.0 Å². The fourth-order valence-corrected chi connectivity index (χ4v) is 1.26. The third-order valence-corrected chi connectivity index (χ3v) is 1.92. The molecule has 1 aromatic rings. The smallest absolute Gasteiger partial charge is 0.191 e. The number of ether oxygens (including phenoxy) is 1. The van der Waals surface area contributed by atoms with Gasteiger partial charge in [-0.3, -0.25) is 4.79 Å². The van der Waals surface area contributed by atoms with Crippen molar-refractivity contribution >= 4 is 22.2 Å². The first-order chi connectivity index (χ1) is 6.54. The largest absolute Gasteiger partial charge is 0.477 e. The minimum atomic E-state index is -0.875. The van der Waals surface area contributed by atoms with Crippen molar-refractivity contribution in [1.29, 1.82) is 0 Å². The summed E-state index contributed by atoms with van der Waals surface area (Å²) in [4.78, 5) is 10.2. The molecule has 0 heterocycles. The quantitative estimate of drug-likeness (QED) is 0.785. The SMILES string of the molecule is C[C@@H](C=O)Oc1c(F)cc(Br)cc1F. The Bertz CT molecular complexity index is 332. The highest BCUT2D eigenvalue weighted by atomic mass is 79.9. The lowest BCUT2D eigenvalue weighted by molar-refractivity contribution is -0.113. The Morgan fingerprint density at radius 1 is 1.43 bits per heavy atom. The van der Waals surface area contributed by atoms with E-state index in [1.807, 2.05) is 0 Å². The molecule has 0 aliphatic rings. The van der Waals surface area contributed by atoms with Crippen LogP contribution in [0.5, 0.6) is 5.75 Å². The topological polar surface area (TPSA) is 26.3 Å². The molecule has 0 radical (unpaired) electrons. The van der Waals surface area contributed by atoms with Gasteiger partial charge < -0.3 is 4.74 Å². The predicted molar refractivity (Wildman–Crippen MR) is 50.2 cm³/mol. The van der Waals surface area contributed by atoms with Gasteiger partial charge in [0, 0.05) is 4.47 Å². The van der Waals surface area contributed by atoms with E-state index >= 15 is 0 Å². The van der Waals surface area contributed by atoms with Crippen LogP contribution in [0.1, 0.15) is 6.92 Å². The van der Waals surface area contributed by atoms with Crippen LogP contribution < -0.4 is 4.74 Å². The summed E-state index contributed by atoms with van der Waals surface area (Å²) < 4.78 is 31.2. The molecule has 76 valence electrons. The van der Waals surface area contributed by atoms with Crippen molar-refractivity contribution in [2.75, 3.05) is 0 Å². The van der Waals surface area contributed by atoms with Gasteiger partial charge in [0.1, 0.15) is 0 Å². The second-order valence-corrected chi connectivity index (χ2v) is 3.57. The summed E-state index contributed by atoms with van der Waals surface area (Å²) in [5, 5.41) is 0. The molecule has 0 unspecified atom stereocenters.